The Bertz CT molecular complexity index is 739. The van der Waals surface area contributed by atoms with E-state index in [0.717, 1.165) is 15.6 Å². The third-order valence-electron chi connectivity index (χ3n) is 3.50. The maximum Gasteiger partial charge on any atom is 0.343 e. The largest absolute Gasteiger partial charge is 0.496 e. The van der Waals surface area contributed by atoms with Crippen LogP contribution in [-0.2, 0) is 0 Å². The van der Waals surface area contributed by atoms with E-state index >= 15 is 0 Å². The molecule has 0 unspecified atom stereocenters. The maximum atomic E-state index is 12.4. The summed E-state index contributed by atoms with van der Waals surface area (Å²) in [6.45, 7) is 6.10. The monoisotopic (exact) mass is 440 g/mol. The SMILES string of the molecule is COc1ccc(C(=O)Oc2cc(C)c(Br)cc2C(C)C)cc1Br. The summed E-state index contributed by atoms with van der Waals surface area (Å²) in [6.07, 6.45) is 0. The Labute approximate surface area is 153 Å². The molecule has 122 valence electrons. The van der Waals surface area contributed by atoms with E-state index in [-0.39, 0.29) is 5.92 Å². The van der Waals surface area contributed by atoms with E-state index in [1.165, 1.54) is 0 Å². The van der Waals surface area contributed by atoms with Gasteiger partial charge in [0, 0.05) is 4.47 Å². The van der Waals surface area contributed by atoms with E-state index < -0.39 is 5.97 Å². The molecule has 2 aromatic rings. The van der Waals surface area contributed by atoms with Crippen LogP contribution in [0.3, 0.4) is 0 Å². The summed E-state index contributed by atoms with van der Waals surface area (Å²) < 4.78 is 12.5. The standard InChI is InChI=1S/C18H18Br2O3/c1-10(2)13-9-14(19)11(3)7-17(13)23-18(21)12-5-6-16(22-4)15(20)8-12/h5-10H,1-4H3. The second-order valence-corrected chi connectivity index (χ2v) is 7.24. The van der Waals surface area contributed by atoms with Crippen molar-refractivity contribution in [2.75, 3.05) is 7.11 Å². The Morgan fingerprint density at radius 1 is 1.04 bits per heavy atom. The summed E-state index contributed by atoms with van der Waals surface area (Å²) in [5.41, 5.74) is 2.48. The van der Waals surface area contributed by atoms with Gasteiger partial charge in [0.1, 0.15) is 11.5 Å². The molecule has 0 aromatic heterocycles. The van der Waals surface area contributed by atoms with Crippen molar-refractivity contribution >= 4 is 37.8 Å². The zero-order valence-electron chi connectivity index (χ0n) is 13.4. The number of carbonyl (C=O) groups excluding carboxylic acids is 1. The van der Waals surface area contributed by atoms with Crippen LogP contribution in [-0.4, -0.2) is 13.1 Å². The number of ether oxygens (including phenoxy) is 2. The Hall–Kier alpha value is -1.33. The van der Waals surface area contributed by atoms with E-state index in [1.807, 2.05) is 19.1 Å². The number of carbonyl (C=O) groups is 1. The van der Waals surface area contributed by atoms with Gasteiger partial charge >= 0.3 is 5.97 Å². The third kappa shape index (κ3) is 4.15. The molecule has 0 saturated carbocycles. The quantitative estimate of drug-likeness (QED) is 0.439. The van der Waals surface area contributed by atoms with Gasteiger partial charge in [-0.25, -0.2) is 4.79 Å². The van der Waals surface area contributed by atoms with Crippen LogP contribution in [0.2, 0.25) is 0 Å². The van der Waals surface area contributed by atoms with Crippen LogP contribution in [0.25, 0.3) is 0 Å². The number of rotatable bonds is 4. The molecule has 0 fully saturated rings. The van der Waals surface area contributed by atoms with E-state index in [2.05, 4.69) is 45.7 Å². The molecule has 0 aliphatic rings. The fourth-order valence-electron chi connectivity index (χ4n) is 2.16. The van der Waals surface area contributed by atoms with Gasteiger partial charge < -0.3 is 9.47 Å². The lowest BCUT2D eigenvalue weighted by atomic mass is 10.0. The molecule has 2 aromatic carbocycles. The summed E-state index contributed by atoms with van der Waals surface area (Å²) >= 11 is 6.91. The minimum Gasteiger partial charge on any atom is -0.496 e. The predicted molar refractivity (Wildman–Crippen MR) is 98.6 cm³/mol. The molecule has 3 nitrogen and oxygen atoms in total. The second kappa shape index (κ2) is 7.49. The Balaban J connectivity index is 2.33. The van der Waals surface area contributed by atoms with Gasteiger partial charge in [-0.2, -0.15) is 0 Å². The minimum atomic E-state index is -0.392. The summed E-state index contributed by atoms with van der Waals surface area (Å²) in [7, 11) is 1.58. The smallest absolute Gasteiger partial charge is 0.343 e. The van der Waals surface area contributed by atoms with E-state index in [0.29, 0.717) is 21.5 Å². The Morgan fingerprint density at radius 2 is 1.74 bits per heavy atom. The van der Waals surface area contributed by atoms with E-state index in [9.17, 15) is 4.79 Å². The molecule has 2 rings (SSSR count). The van der Waals surface area contributed by atoms with Crippen molar-refractivity contribution in [3.8, 4) is 11.5 Å². The highest BCUT2D eigenvalue weighted by Gasteiger charge is 2.16. The average Bonchev–Trinajstić information content (AvgIpc) is 2.50. The van der Waals surface area contributed by atoms with Gasteiger partial charge in [-0.3, -0.25) is 0 Å². The molecular weight excluding hydrogens is 424 g/mol. The number of hydrogen-bond acceptors (Lipinski definition) is 3. The number of esters is 1. The van der Waals surface area contributed by atoms with Crippen LogP contribution >= 0.6 is 31.9 Å². The highest BCUT2D eigenvalue weighted by Crippen LogP contribution is 2.33. The van der Waals surface area contributed by atoms with Gasteiger partial charge in [0.05, 0.1) is 17.1 Å². The first-order chi connectivity index (χ1) is 10.8. The van der Waals surface area contributed by atoms with E-state index in [1.54, 1.807) is 25.3 Å². The fraction of sp³-hybridized carbons (Fsp3) is 0.278. The van der Waals surface area contributed by atoms with Crippen molar-refractivity contribution in [3.05, 3.63) is 56.0 Å². The van der Waals surface area contributed by atoms with Crippen LogP contribution in [0.5, 0.6) is 11.5 Å². The van der Waals surface area contributed by atoms with Crippen LogP contribution in [0, 0.1) is 6.92 Å². The summed E-state index contributed by atoms with van der Waals surface area (Å²) in [4.78, 5) is 12.4. The van der Waals surface area contributed by atoms with Crippen LogP contribution in [0.4, 0.5) is 0 Å². The molecule has 0 heterocycles. The molecule has 5 heteroatoms. The van der Waals surface area contributed by atoms with Crippen molar-refractivity contribution in [2.24, 2.45) is 0 Å². The Kier molecular flexibility index (Phi) is 5.87. The lowest BCUT2D eigenvalue weighted by Gasteiger charge is -2.15. The molecule has 0 spiro atoms. The summed E-state index contributed by atoms with van der Waals surface area (Å²) in [6, 6.07) is 9.01. The molecule has 0 amide bonds. The first-order valence-electron chi connectivity index (χ1n) is 7.19. The zero-order chi connectivity index (χ0) is 17.1. The van der Waals surface area contributed by atoms with Crippen molar-refractivity contribution in [2.45, 2.75) is 26.7 Å². The molecule has 0 radical (unpaired) electrons. The van der Waals surface area contributed by atoms with Crippen LogP contribution < -0.4 is 9.47 Å². The molecule has 0 saturated heterocycles. The fourth-order valence-corrected chi connectivity index (χ4v) is 3.06. The molecule has 0 N–H and O–H groups in total. The molecule has 0 bridgehead atoms. The number of halogens is 2. The highest BCUT2D eigenvalue weighted by atomic mass is 79.9. The molecule has 23 heavy (non-hydrogen) atoms. The van der Waals surface area contributed by atoms with Crippen LogP contribution in [0.1, 0.15) is 41.3 Å². The number of methoxy groups -OCH3 is 1. The average molecular weight is 442 g/mol. The summed E-state index contributed by atoms with van der Waals surface area (Å²) in [5, 5.41) is 0. The van der Waals surface area contributed by atoms with Crippen molar-refractivity contribution in [1.82, 2.24) is 0 Å². The van der Waals surface area contributed by atoms with Gasteiger partial charge in [-0.15, -0.1) is 0 Å². The predicted octanol–water partition coefficient (Wildman–Crippen LogP) is 5.87. The number of hydrogen-bond donors (Lipinski definition) is 0. The third-order valence-corrected chi connectivity index (χ3v) is 4.98. The lowest BCUT2D eigenvalue weighted by Crippen LogP contribution is -2.11. The first-order valence-corrected chi connectivity index (χ1v) is 8.77. The van der Waals surface area contributed by atoms with Gasteiger partial charge in [-0.05, 0) is 70.2 Å². The lowest BCUT2D eigenvalue weighted by molar-refractivity contribution is 0.0732. The summed E-state index contributed by atoms with van der Waals surface area (Å²) in [5.74, 6) is 1.12. The maximum absolute atomic E-state index is 12.4. The van der Waals surface area contributed by atoms with Crippen LogP contribution in [0.15, 0.2) is 39.3 Å². The second-order valence-electron chi connectivity index (χ2n) is 5.53. The highest BCUT2D eigenvalue weighted by molar-refractivity contribution is 9.10. The van der Waals surface area contributed by atoms with Gasteiger partial charge in [0.25, 0.3) is 0 Å². The van der Waals surface area contributed by atoms with Crippen molar-refractivity contribution in [1.29, 1.82) is 0 Å². The number of aryl methyl sites for hydroxylation is 1. The molecular formula is C18H18Br2O3. The molecule has 0 aliphatic carbocycles. The molecule has 0 aliphatic heterocycles. The molecule has 0 atom stereocenters. The topological polar surface area (TPSA) is 35.5 Å². The van der Waals surface area contributed by atoms with Gasteiger partial charge in [-0.1, -0.05) is 29.8 Å². The normalized spacial score (nSPS) is 10.7. The first kappa shape index (κ1) is 18.0. The zero-order valence-corrected chi connectivity index (χ0v) is 16.6. The Morgan fingerprint density at radius 3 is 2.30 bits per heavy atom. The number of benzene rings is 2. The van der Waals surface area contributed by atoms with Crippen molar-refractivity contribution in [3.63, 3.8) is 0 Å². The van der Waals surface area contributed by atoms with Gasteiger partial charge in [0.2, 0.25) is 0 Å². The van der Waals surface area contributed by atoms with Crippen molar-refractivity contribution < 1.29 is 14.3 Å². The minimum absolute atomic E-state index is 0.248. The van der Waals surface area contributed by atoms with E-state index in [4.69, 9.17) is 9.47 Å². The van der Waals surface area contributed by atoms with Gasteiger partial charge in [0.15, 0.2) is 0 Å².